The maximum Gasteiger partial charge on any atom is 0.387 e. The minimum atomic E-state index is -3.10. The van der Waals surface area contributed by atoms with Crippen molar-refractivity contribution in [3.63, 3.8) is 0 Å². The van der Waals surface area contributed by atoms with Crippen LogP contribution in [0, 0.1) is 11.8 Å². The Bertz CT molecular complexity index is 1460. The lowest BCUT2D eigenvalue weighted by molar-refractivity contribution is -0.0507. The van der Waals surface area contributed by atoms with Crippen molar-refractivity contribution in [3.8, 4) is 17.6 Å². The molecule has 34 heavy (non-hydrogen) atoms. The quantitative estimate of drug-likeness (QED) is 0.542. The average Bonchev–Trinajstić information content (AvgIpc) is 3.29. The van der Waals surface area contributed by atoms with Crippen molar-refractivity contribution in [2.24, 2.45) is 0 Å². The summed E-state index contributed by atoms with van der Waals surface area (Å²) >= 11 is 0. The highest BCUT2D eigenvalue weighted by Gasteiger charge is 2.45. The number of halogens is 2. The van der Waals surface area contributed by atoms with Crippen LogP contribution in [0.3, 0.4) is 0 Å². The van der Waals surface area contributed by atoms with Crippen molar-refractivity contribution in [3.05, 3.63) is 58.9 Å². The van der Waals surface area contributed by atoms with Crippen LogP contribution >= 0.6 is 0 Å². The molecule has 3 aromatic rings. The van der Waals surface area contributed by atoms with Crippen molar-refractivity contribution in [1.29, 1.82) is 0 Å². The van der Waals surface area contributed by atoms with E-state index in [0.29, 0.717) is 16.9 Å². The Kier molecular flexibility index (Phi) is 4.28. The molecule has 0 radical (unpaired) electrons. The van der Waals surface area contributed by atoms with Crippen LogP contribution in [0.1, 0.15) is 62.8 Å². The molecule has 2 aromatic carbocycles. The van der Waals surface area contributed by atoms with Gasteiger partial charge in [-0.05, 0) is 49.8 Å². The minimum absolute atomic E-state index is 0.0382. The van der Waals surface area contributed by atoms with Gasteiger partial charge in [-0.25, -0.2) is 4.98 Å². The molecule has 0 unspecified atom stereocenters. The number of nitrogens with zero attached hydrogens (tertiary/aromatic N) is 4. The van der Waals surface area contributed by atoms with Gasteiger partial charge in [0.25, 0.3) is 5.91 Å². The molecule has 8 heteroatoms. The Hall–Kier alpha value is -3.44. The van der Waals surface area contributed by atoms with Crippen LogP contribution in [0.5, 0.6) is 5.75 Å². The van der Waals surface area contributed by atoms with Crippen LogP contribution in [0.25, 0.3) is 11.0 Å². The molecule has 0 saturated carbocycles. The number of hydrogen-bond acceptors (Lipinski definition) is 4. The fraction of sp³-hybridized carbons (Fsp3) is 0.385. The summed E-state index contributed by atoms with van der Waals surface area (Å²) in [4.78, 5) is 21.4. The molecule has 1 saturated heterocycles. The number of fused-ring (bicyclic) bond motifs is 9. The number of carbonyl (C=O) groups is 1. The minimum Gasteiger partial charge on any atom is -0.434 e. The molecule has 1 amide bonds. The molecule has 1 fully saturated rings. The van der Waals surface area contributed by atoms with Crippen LogP contribution in [0.15, 0.2) is 36.4 Å². The molecule has 0 N–H and O–H groups in total. The van der Waals surface area contributed by atoms with Crippen LogP contribution < -0.4 is 4.74 Å². The van der Waals surface area contributed by atoms with Gasteiger partial charge in [-0.1, -0.05) is 17.9 Å². The predicted molar refractivity (Wildman–Crippen MR) is 123 cm³/mol. The first-order valence-corrected chi connectivity index (χ1v) is 11.4. The number of amides is 1. The molecule has 3 aliphatic rings. The number of rotatable bonds is 4. The lowest BCUT2D eigenvalue weighted by atomic mass is 9.97. The number of ether oxygens (including phenoxy) is 1. The molecule has 2 bridgehead atoms. The number of aromatic nitrogens is 2. The number of alkyl halides is 2. The van der Waals surface area contributed by atoms with Gasteiger partial charge in [-0.2, -0.15) is 8.78 Å². The second-order valence-corrected chi connectivity index (χ2v) is 8.83. The first-order chi connectivity index (χ1) is 17.7. The van der Waals surface area contributed by atoms with Crippen LogP contribution in [-0.4, -0.2) is 58.5 Å². The van der Waals surface area contributed by atoms with Crippen LogP contribution in [0.2, 0.25) is 0 Å². The van der Waals surface area contributed by atoms with Crippen molar-refractivity contribution in [2.45, 2.75) is 38.0 Å². The Balaban J connectivity index is 1.48. The van der Waals surface area contributed by atoms with E-state index in [1.807, 2.05) is 22.8 Å². The third-order valence-corrected chi connectivity index (χ3v) is 6.88. The summed E-state index contributed by atoms with van der Waals surface area (Å²) in [6.07, 6.45) is 2.17. The summed E-state index contributed by atoms with van der Waals surface area (Å²) in [6.45, 7) is -2.69. The summed E-state index contributed by atoms with van der Waals surface area (Å²) < 4.78 is 57.6. The maximum atomic E-state index is 13.5. The summed E-state index contributed by atoms with van der Waals surface area (Å²) in [5, 5.41) is 0. The van der Waals surface area contributed by atoms with Crippen LogP contribution in [-0.2, 0) is 0 Å². The third-order valence-electron chi connectivity index (χ3n) is 6.88. The fourth-order valence-electron chi connectivity index (χ4n) is 5.17. The first kappa shape index (κ1) is 18.0. The van der Waals surface area contributed by atoms with Gasteiger partial charge in [-0.3, -0.25) is 4.79 Å². The highest BCUT2D eigenvalue weighted by Crippen LogP contribution is 2.49. The molecule has 6 nitrogen and oxygen atoms in total. The van der Waals surface area contributed by atoms with Gasteiger partial charge in [0, 0.05) is 47.2 Å². The summed E-state index contributed by atoms with van der Waals surface area (Å²) in [6, 6.07) is 8.36. The van der Waals surface area contributed by atoms with E-state index in [0.717, 1.165) is 36.5 Å². The maximum absolute atomic E-state index is 13.5. The normalized spacial score (nSPS) is 22.7. The smallest absolute Gasteiger partial charge is 0.387 e. The fourth-order valence-corrected chi connectivity index (χ4v) is 5.17. The summed E-state index contributed by atoms with van der Waals surface area (Å²) in [7, 11) is 0. The number of imidazole rings is 1. The van der Waals surface area contributed by atoms with Gasteiger partial charge in [0.15, 0.2) is 0 Å². The van der Waals surface area contributed by atoms with E-state index in [1.165, 1.54) is 24.6 Å². The lowest BCUT2D eigenvalue weighted by Gasteiger charge is -2.29. The molecule has 0 spiro atoms. The zero-order valence-electron chi connectivity index (χ0n) is 21.3. The SMILES string of the molecule is [2H]C([2H])([2H])N1C(=O)c2cccc(OC(F)F)c2[C@H]2C[C@@H]1c1nc3ccc(C#CCCN4CCC4)cc3n12. The van der Waals surface area contributed by atoms with Gasteiger partial charge in [0.2, 0.25) is 0 Å². The molecule has 2 atom stereocenters. The van der Waals surface area contributed by atoms with Crippen molar-refractivity contribution in [1.82, 2.24) is 19.4 Å². The van der Waals surface area contributed by atoms with Gasteiger partial charge < -0.3 is 19.1 Å². The topological polar surface area (TPSA) is 50.6 Å². The standard InChI is InChI=1S/C26H24F2N4O2/c1-30-21-15-20(23-17(25(30)33)7-4-8-22(23)34-26(27)28)32-19-14-16(9-10-18(19)29-24(21)32)6-2-3-11-31-12-5-13-31/h4,7-10,14,20-21,26H,3,5,11-13,15H2,1H3/t20-,21-/m1/s1/i1D3. The van der Waals surface area contributed by atoms with E-state index in [4.69, 9.17) is 13.8 Å². The Morgan fingerprint density at radius 1 is 1.26 bits per heavy atom. The van der Waals surface area contributed by atoms with Gasteiger partial charge in [-0.15, -0.1) is 0 Å². The predicted octanol–water partition coefficient (Wildman–Crippen LogP) is 4.20. The summed E-state index contributed by atoms with van der Waals surface area (Å²) in [5.74, 6) is 5.91. The van der Waals surface area contributed by atoms with Crippen molar-refractivity contribution < 1.29 is 22.4 Å². The van der Waals surface area contributed by atoms with E-state index in [1.54, 1.807) is 0 Å². The van der Waals surface area contributed by atoms with Gasteiger partial charge in [0.1, 0.15) is 11.6 Å². The molecule has 0 aliphatic carbocycles. The molecular weight excluding hydrogens is 438 g/mol. The number of hydrogen-bond donors (Lipinski definition) is 0. The molecule has 3 aliphatic heterocycles. The van der Waals surface area contributed by atoms with Crippen LogP contribution in [0.4, 0.5) is 8.78 Å². The molecule has 6 rings (SSSR count). The Morgan fingerprint density at radius 3 is 2.91 bits per heavy atom. The zero-order valence-corrected chi connectivity index (χ0v) is 18.3. The van der Waals surface area contributed by atoms with Crippen molar-refractivity contribution >= 4 is 16.9 Å². The second-order valence-electron chi connectivity index (χ2n) is 8.83. The van der Waals surface area contributed by atoms with Gasteiger partial charge >= 0.3 is 6.61 Å². The second kappa shape index (κ2) is 8.10. The third kappa shape index (κ3) is 3.34. The Labute approximate surface area is 200 Å². The lowest BCUT2D eigenvalue weighted by Crippen LogP contribution is -2.37. The largest absolute Gasteiger partial charge is 0.434 e. The first-order valence-electron chi connectivity index (χ1n) is 12.9. The monoisotopic (exact) mass is 465 g/mol. The van der Waals surface area contributed by atoms with Gasteiger partial charge in [0.05, 0.1) is 23.1 Å². The highest BCUT2D eigenvalue weighted by molar-refractivity contribution is 5.97. The van der Waals surface area contributed by atoms with E-state index < -0.39 is 31.6 Å². The number of carbonyl (C=O) groups excluding carboxylic acids is 1. The number of likely N-dealkylation sites (tertiary alicyclic amines) is 1. The average molecular weight is 466 g/mol. The zero-order chi connectivity index (χ0) is 25.9. The Morgan fingerprint density at radius 2 is 2.15 bits per heavy atom. The van der Waals surface area contributed by atoms with E-state index >= 15 is 0 Å². The van der Waals surface area contributed by atoms with E-state index in [2.05, 4.69) is 16.7 Å². The molecule has 4 heterocycles. The molecule has 174 valence electrons. The molecular formula is C26H24F2N4O2. The highest BCUT2D eigenvalue weighted by atomic mass is 19.3. The summed E-state index contributed by atoms with van der Waals surface area (Å²) in [5.41, 5.74) is 2.38. The number of benzene rings is 2. The van der Waals surface area contributed by atoms with Crippen molar-refractivity contribution in [2.75, 3.05) is 26.6 Å². The van der Waals surface area contributed by atoms with E-state index in [9.17, 15) is 13.6 Å². The van der Waals surface area contributed by atoms with E-state index in [-0.39, 0.29) is 23.3 Å². The molecule has 1 aromatic heterocycles.